The summed E-state index contributed by atoms with van der Waals surface area (Å²) in [6.07, 6.45) is 0.699. The van der Waals surface area contributed by atoms with Gasteiger partial charge in [-0.25, -0.2) is 0 Å². The zero-order chi connectivity index (χ0) is 18.6. The first kappa shape index (κ1) is 18.7. The summed E-state index contributed by atoms with van der Waals surface area (Å²) in [6, 6.07) is 9.18. The predicted octanol–water partition coefficient (Wildman–Crippen LogP) is 2.87. The van der Waals surface area contributed by atoms with E-state index in [0.29, 0.717) is 18.5 Å². The van der Waals surface area contributed by atoms with Crippen LogP contribution in [-0.4, -0.2) is 44.3 Å². The Bertz CT molecular complexity index is 767. The van der Waals surface area contributed by atoms with Gasteiger partial charge in [0.2, 0.25) is 0 Å². The van der Waals surface area contributed by atoms with Gasteiger partial charge < -0.3 is 10.0 Å². The molecule has 0 aliphatic rings. The molecule has 0 aliphatic heterocycles. The van der Waals surface area contributed by atoms with Gasteiger partial charge in [-0.3, -0.25) is 14.3 Å². The molecule has 0 bridgehead atoms. The molecule has 1 atom stereocenters. The number of benzene rings is 1. The number of aliphatic carboxylic acids is 1. The molecule has 0 radical (unpaired) electrons. The van der Waals surface area contributed by atoms with E-state index in [4.69, 9.17) is 5.11 Å². The van der Waals surface area contributed by atoms with Crippen molar-refractivity contribution >= 4 is 11.9 Å². The van der Waals surface area contributed by atoms with E-state index >= 15 is 0 Å². The molecule has 2 rings (SSSR count). The van der Waals surface area contributed by atoms with Crippen LogP contribution in [0.3, 0.4) is 0 Å². The van der Waals surface area contributed by atoms with E-state index in [1.165, 1.54) is 4.90 Å². The van der Waals surface area contributed by atoms with Crippen LogP contribution in [0, 0.1) is 13.8 Å². The van der Waals surface area contributed by atoms with Crippen molar-refractivity contribution in [3.05, 3.63) is 52.8 Å². The predicted molar refractivity (Wildman–Crippen MR) is 95.7 cm³/mol. The molecule has 0 fully saturated rings. The molecule has 25 heavy (non-hydrogen) atoms. The van der Waals surface area contributed by atoms with Crippen LogP contribution in [0.5, 0.6) is 0 Å². The van der Waals surface area contributed by atoms with Crippen molar-refractivity contribution < 1.29 is 14.7 Å². The van der Waals surface area contributed by atoms with Crippen LogP contribution in [0.15, 0.2) is 30.3 Å². The molecule has 2 aromatic rings. The number of amides is 1. The van der Waals surface area contributed by atoms with E-state index in [1.807, 2.05) is 56.6 Å². The quantitative estimate of drug-likeness (QED) is 0.839. The van der Waals surface area contributed by atoms with Gasteiger partial charge in [0.15, 0.2) is 0 Å². The molecule has 0 spiro atoms. The summed E-state index contributed by atoms with van der Waals surface area (Å²) in [6.45, 7) is 8.01. The summed E-state index contributed by atoms with van der Waals surface area (Å²) in [4.78, 5) is 25.3. The molecule has 1 aromatic carbocycles. The van der Waals surface area contributed by atoms with Gasteiger partial charge in [-0.05, 0) is 51.0 Å². The molecule has 0 aliphatic carbocycles. The maximum absolute atomic E-state index is 12.8. The lowest BCUT2D eigenvalue weighted by Crippen LogP contribution is -2.41. The van der Waals surface area contributed by atoms with Gasteiger partial charge in [0.05, 0.1) is 12.2 Å². The van der Waals surface area contributed by atoms with Gasteiger partial charge in [-0.1, -0.05) is 19.1 Å². The number of carbonyl (C=O) groups excluding carboxylic acids is 1. The fraction of sp³-hybridized carbons (Fsp3) is 0.421. The summed E-state index contributed by atoms with van der Waals surface area (Å²) in [5.74, 6) is -1.26. The zero-order valence-electron chi connectivity index (χ0n) is 15.2. The Morgan fingerprint density at radius 1 is 1.28 bits per heavy atom. The highest BCUT2D eigenvalue weighted by Crippen LogP contribution is 2.14. The van der Waals surface area contributed by atoms with Crippen LogP contribution in [0.4, 0.5) is 0 Å². The first-order valence-electron chi connectivity index (χ1n) is 8.44. The summed E-state index contributed by atoms with van der Waals surface area (Å²) in [5, 5.41) is 13.5. The monoisotopic (exact) mass is 343 g/mol. The van der Waals surface area contributed by atoms with Crippen molar-refractivity contribution in [1.82, 2.24) is 14.7 Å². The minimum absolute atomic E-state index is 0.136. The van der Waals surface area contributed by atoms with Crippen molar-refractivity contribution in [2.75, 3.05) is 6.54 Å². The molecule has 0 saturated carbocycles. The van der Waals surface area contributed by atoms with Gasteiger partial charge in [0, 0.05) is 17.3 Å². The lowest BCUT2D eigenvalue weighted by atomic mass is 10.1. The third-order valence-electron chi connectivity index (χ3n) is 4.30. The highest BCUT2D eigenvalue weighted by molar-refractivity contribution is 5.96. The Balaban J connectivity index is 2.25. The van der Waals surface area contributed by atoms with Crippen LogP contribution < -0.4 is 0 Å². The molecule has 1 N–H and O–H groups in total. The topological polar surface area (TPSA) is 75.4 Å². The fourth-order valence-corrected chi connectivity index (χ4v) is 2.77. The van der Waals surface area contributed by atoms with Gasteiger partial charge >= 0.3 is 5.97 Å². The molecule has 1 unspecified atom stereocenters. The van der Waals surface area contributed by atoms with Gasteiger partial charge in [-0.15, -0.1) is 0 Å². The maximum Gasteiger partial charge on any atom is 0.323 e. The van der Waals surface area contributed by atoms with E-state index < -0.39 is 5.97 Å². The Kier molecular flexibility index (Phi) is 5.96. The van der Waals surface area contributed by atoms with Gasteiger partial charge in [0.25, 0.3) is 5.91 Å². The van der Waals surface area contributed by atoms with E-state index in [0.717, 1.165) is 17.0 Å². The molecule has 1 heterocycles. The second kappa shape index (κ2) is 7.96. The number of aromatic nitrogens is 2. The number of carbonyl (C=O) groups is 2. The number of hydrogen-bond acceptors (Lipinski definition) is 3. The van der Waals surface area contributed by atoms with Crippen molar-refractivity contribution in [3.8, 4) is 0 Å². The Labute approximate surface area is 148 Å². The number of rotatable bonds is 7. The Morgan fingerprint density at radius 3 is 2.56 bits per heavy atom. The third kappa shape index (κ3) is 4.68. The normalized spacial score (nSPS) is 12.0. The van der Waals surface area contributed by atoms with E-state index in [1.54, 1.807) is 6.07 Å². The molecular formula is C19H25N3O3. The van der Waals surface area contributed by atoms with Crippen LogP contribution in [0.1, 0.15) is 47.6 Å². The molecule has 0 saturated heterocycles. The van der Waals surface area contributed by atoms with Gasteiger partial charge in [0.1, 0.15) is 6.54 Å². The highest BCUT2D eigenvalue weighted by Gasteiger charge is 2.23. The Morgan fingerprint density at radius 2 is 2.00 bits per heavy atom. The van der Waals surface area contributed by atoms with E-state index in [-0.39, 0.29) is 18.5 Å². The van der Waals surface area contributed by atoms with Crippen molar-refractivity contribution in [3.63, 3.8) is 0 Å². The molecule has 1 aromatic heterocycles. The molecule has 6 nitrogen and oxygen atoms in total. The third-order valence-corrected chi connectivity index (χ3v) is 4.30. The molecule has 6 heteroatoms. The average Bonchev–Trinajstić information content (AvgIpc) is 2.88. The average molecular weight is 343 g/mol. The van der Waals surface area contributed by atoms with Crippen LogP contribution in [0.25, 0.3) is 0 Å². The highest BCUT2D eigenvalue weighted by atomic mass is 16.4. The van der Waals surface area contributed by atoms with E-state index in [9.17, 15) is 9.59 Å². The number of carboxylic acid groups (broad SMARTS) is 1. The van der Waals surface area contributed by atoms with E-state index in [2.05, 4.69) is 5.10 Å². The largest absolute Gasteiger partial charge is 0.480 e. The minimum atomic E-state index is -1.01. The SMILES string of the molecule is CCC(C)N(CC(=O)O)C(=O)c1cccc(Cn2nc(C)cc2C)c1. The summed E-state index contributed by atoms with van der Waals surface area (Å²) >= 11 is 0. The summed E-state index contributed by atoms with van der Waals surface area (Å²) in [5.41, 5.74) is 3.47. The molecule has 1 amide bonds. The first-order valence-corrected chi connectivity index (χ1v) is 8.44. The maximum atomic E-state index is 12.8. The molecular weight excluding hydrogens is 318 g/mol. The Hall–Kier alpha value is -2.63. The zero-order valence-corrected chi connectivity index (χ0v) is 15.2. The lowest BCUT2D eigenvalue weighted by Gasteiger charge is -2.27. The first-order chi connectivity index (χ1) is 11.8. The second-order valence-corrected chi connectivity index (χ2v) is 6.37. The van der Waals surface area contributed by atoms with Crippen LogP contribution >= 0.6 is 0 Å². The van der Waals surface area contributed by atoms with Gasteiger partial charge in [-0.2, -0.15) is 5.10 Å². The summed E-state index contributed by atoms with van der Waals surface area (Å²) in [7, 11) is 0. The second-order valence-electron chi connectivity index (χ2n) is 6.37. The number of nitrogens with zero attached hydrogens (tertiary/aromatic N) is 3. The van der Waals surface area contributed by atoms with Crippen molar-refractivity contribution in [2.45, 2.75) is 46.7 Å². The minimum Gasteiger partial charge on any atom is -0.480 e. The van der Waals surface area contributed by atoms with Crippen molar-refractivity contribution in [2.24, 2.45) is 0 Å². The summed E-state index contributed by atoms with van der Waals surface area (Å²) < 4.78 is 1.89. The van der Waals surface area contributed by atoms with Crippen molar-refractivity contribution in [1.29, 1.82) is 0 Å². The smallest absolute Gasteiger partial charge is 0.323 e. The number of aryl methyl sites for hydroxylation is 2. The van der Waals surface area contributed by atoms with Crippen LogP contribution in [0.2, 0.25) is 0 Å². The number of carboxylic acids is 1. The van der Waals surface area contributed by atoms with Crippen LogP contribution in [-0.2, 0) is 11.3 Å². The lowest BCUT2D eigenvalue weighted by molar-refractivity contribution is -0.138. The number of hydrogen-bond donors (Lipinski definition) is 1. The molecule has 134 valence electrons. The standard InChI is InChI=1S/C19H25N3O3/c1-5-14(3)21(12-18(23)24)19(25)17-8-6-7-16(10-17)11-22-15(4)9-13(2)20-22/h6-10,14H,5,11-12H2,1-4H3,(H,23,24). The fourth-order valence-electron chi connectivity index (χ4n) is 2.77.